The smallest absolute Gasteiger partial charge is 0.282 e. The summed E-state index contributed by atoms with van der Waals surface area (Å²) in [6, 6.07) is 16.2. The maximum absolute atomic E-state index is 13.1. The van der Waals surface area contributed by atoms with Gasteiger partial charge in [0.25, 0.3) is 10.2 Å². The van der Waals surface area contributed by atoms with Crippen molar-refractivity contribution < 1.29 is 13.2 Å². The number of carbonyl (C=O) groups excluding carboxylic acids is 1. The van der Waals surface area contributed by atoms with Crippen LogP contribution in [0, 0.1) is 13.8 Å². The van der Waals surface area contributed by atoms with Crippen LogP contribution in [0.15, 0.2) is 48.5 Å². The zero-order valence-corrected chi connectivity index (χ0v) is 19.5. The highest BCUT2D eigenvalue weighted by atomic mass is 32.2. The van der Waals surface area contributed by atoms with Crippen LogP contribution in [0.5, 0.6) is 0 Å². The Morgan fingerprint density at radius 2 is 1.77 bits per heavy atom. The number of rotatable bonds is 8. The summed E-state index contributed by atoms with van der Waals surface area (Å²) in [5.41, 5.74) is 4.41. The highest BCUT2D eigenvalue weighted by Crippen LogP contribution is 2.21. The van der Waals surface area contributed by atoms with Crippen LogP contribution in [-0.4, -0.2) is 48.6 Å². The van der Waals surface area contributed by atoms with E-state index in [1.54, 1.807) is 0 Å². The second-order valence-electron chi connectivity index (χ2n) is 8.45. The zero-order chi connectivity index (χ0) is 22.4. The molecule has 3 rings (SSSR count). The van der Waals surface area contributed by atoms with Gasteiger partial charge in [0.1, 0.15) is 0 Å². The highest BCUT2D eigenvalue weighted by molar-refractivity contribution is 7.86. The quantitative estimate of drug-likeness (QED) is 0.681. The summed E-state index contributed by atoms with van der Waals surface area (Å²) in [6.45, 7) is 7.00. The van der Waals surface area contributed by atoms with Crippen molar-refractivity contribution in [2.24, 2.45) is 0 Å². The van der Waals surface area contributed by atoms with Crippen LogP contribution in [0.1, 0.15) is 42.0 Å². The lowest BCUT2D eigenvalue weighted by atomic mass is 10.1. The fraction of sp³-hybridized carbons (Fsp3) is 0.458. The van der Waals surface area contributed by atoms with Crippen molar-refractivity contribution in [2.45, 2.75) is 52.6 Å². The van der Waals surface area contributed by atoms with Crippen LogP contribution >= 0.6 is 0 Å². The second-order valence-corrected chi connectivity index (χ2v) is 10.4. The average Bonchev–Trinajstić information content (AvgIpc) is 2.73. The highest BCUT2D eigenvalue weighted by Gasteiger charge is 2.35. The van der Waals surface area contributed by atoms with Crippen LogP contribution in [0.3, 0.4) is 0 Å². The average molecular weight is 444 g/mol. The summed E-state index contributed by atoms with van der Waals surface area (Å²) in [5.74, 6) is -0.252. The number of hydrogen-bond acceptors (Lipinski definition) is 3. The molecule has 1 amide bonds. The molecule has 1 fully saturated rings. The summed E-state index contributed by atoms with van der Waals surface area (Å²) >= 11 is 0. The van der Waals surface area contributed by atoms with Gasteiger partial charge in [-0.25, -0.2) is 0 Å². The van der Waals surface area contributed by atoms with Crippen LogP contribution in [0.4, 0.5) is 0 Å². The Bertz CT molecular complexity index is 992. The standard InChI is InChI=1S/C24H33N3O3S/c1-19-10-11-20(2)23(16-19)17-26-14-7-15-27(31(26,29)30)18-24(28)25-21(3)12-13-22-8-5-4-6-9-22/h4-6,8-11,16,21H,7,12-15,17-18H2,1-3H3,(H,25,28). The van der Waals surface area contributed by atoms with Crippen LogP contribution in [0.25, 0.3) is 0 Å². The third kappa shape index (κ3) is 6.38. The minimum absolute atomic E-state index is 0.0220. The molecule has 168 valence electrons. The molecule has 0 spiro atoms. The molecule has 1 N–H and O–H groups in total. The minimum Gasteiger partial charge on any atom is -0.352 e. The SMILES string of the molecule is Cc1ccc(C)c(CN2CCCN(CC(=O)NC(C)CCc3ccccc3)S2(=O)=O)c1. The van der Waals surface area contributed by atoms with Gasteiger partial charge in [-0.3, -0.25) is 4.79 Å². The van der Waals surface area contributed by atoms with Crippen molar-refractivity contribution in [1.29, 1.82) is 0 Å². The third-order valence-corrected chi connectivity index (χ3v) is 7.68. The van der Waals surface area contributed by atoms with Crippen molar-refractivity contribution in [3.63, 3.8) is 0 Å². The molecule has 1 aliphatic rings. The van der Waals surface area contributed by atoms with E-state index < -0.39 is 10.2 Å². The fourth-order valence-corrected chi connectivity index (χ4v) is 5.51. The summed E-state index contributed by atoms with van der Waals surface area (Å²) in [6.07, 6.45) is 2.39. The topological polar surface area (TPSA) is 69.7 Å². The number of benzene rings is 2. The number of hydrogen-bond donors (Lipinski definition) is 1. The Morgan fingerprint density at radius 3 is 2.52 bits per heavy atom. The molecule has 0 aliphatic carbocycles. The molecule has 1 unspecified atom stereocenters. The van der Waals surface area contributed by atoms with Gasteiger partial charge >= 0.3 is 0 Å². The molecule has 6 nitrogen and oxygen atoms in total. The molecule has 31 heavy (non-hydrogen) atoms. The first-order chi connectivity index (χ1) is 14.8. The van der Waals surface area contributed by atoms with Gasteiger partial charge in [0.15, 0.2) is 0 Å². The molecule has 0 aromatic heterocycles. The van der Waals surface area contributed by atoms with Crippen molar-refractivity contribution in [2.75, 3.05) is 19.6 Å². The maximum Gasteiger partial charge on any atom is 0.282 e. The lowest BCUT2D eigenvalue weighted by Gasteiger charge is -2.34. The van der Waals surface area contributed by atoms with E-state index in [4.69, 9.17) is 0 Å². The first-order valence-electron chi connectivity index (χ1n) is 10.9. The third-order valence-electron chi connectivity index (χ3n) is 5.76. The van der Waals surface area contributed by atoms with E-state index in [1.807, 2.05) is 57.2 Å². The molecule has 0 bridgehead atoms. The summed E-state index contributed by atoms with van der Waals surface area (Å²) in [4.78, 5) is 12.5. The van der Waals surface area contributed by atoms with Gasteiger partial charge in [0.05, 0.1) is 6.54 Å². The lowest BCUT2D eigenvalue weighted by Crippen LogP contribution is -2.52. The molecule has 2 aromatic rings. The predicted octanol–water partition coefficient (Wildman–Crippen LogP) is 3.19. The van der Waals surface area contributed by atoms with E-state index in [0.717, 1.165) is 29.5 Å². The Morgan fingerprint density at radius 1 is 1.06 bits per heavy atom. The van der Waals surface area contributed by atoms with Gasteiger partial charge < -0.3 is 5.32 Å². The van der Waals surface area contributed by atoms with E-state index in [1.165, 1.54) is 14.2 Å². The fourth-order valence-electron chi connectivity index (χ4n) is 3.88. The molecular formula is C24H33N3O3S. The van der Waals surface area contributed by atoms with Gasteiger partial charge in [-0.1, -0.05) is 54.1 Å². The molecule has 1 aliphatic heterocycles. The monoisotopic (exact) mass is 443 g/mol. The van der Waals surface area contributed by atoms with Gasteiger partial charge in [-0.05, 0) is 56.7 Å². The Hall–Kier alpha value is -2.22. The molecule has 2 aromatic carbocycles. The second kappa shape index (κ2) is 10.4. The van der Waals surface area contributed by atoms with E-state index in [2.05, 4.69) is 17.4 Å². The van der Waals surface area contributed by atoms with Crippen molar-refractivity contribution >= 4 is 16.1 Å². The van der Waals surface area contributed by atoms with Crippen molar-refractivity contribution in [1.82, 2.24) is 13.9 Å². The van der Waals surface area contributed by atoms with E-state index in [0.29, 0.717) is 26.1 Å². The zero-order valence-electron chi connectivity index (χ0n) is 18.7. The van der Waals surface area contributed by atoms with Gasteiger partial charge in [0, 0.05) is 25.7 Å². The molecule has 1 saturated heterocycles. The van der Waals surface area contributed by atoms with Gasteiger partial charge in [-0.15, -0.1) is 0 Å². The van der Waals surface area contributed by atoms with Gasteiger partial charge in [-0.2, -0.15) is 17.0 Å². The summed E-state index contributed by atoms with van der Waals surface area (Å²) < 4.78 is 29.0. The van der Waals surface area contributed by atoms with Crippen LogP contribution in [0.2, 0.25) is 0 Å². The summed E-state index contributed by atoms with van der Waals surface area (Å²) in [5, 5.41) is 2.95. The molecule has 0 radical (unpaired) electrons. The van der Waals surface area contributed by atoms with Crippen molar-refractivity contribution in [3.8, 4) is 0 Å². The minimum atomic E-state index is -3.67. The lowest BCUT2D eigenvalue weighted by molar-refractivity contribution is -0.122. The molecule has 7 heteroatoms. The largest absolute Gasteiger partial charge is 0.352 e. The molecular weight excluding hydrogens is 410 g/mol. The van der Waals surface area contributed by atoms with E-state index in [9.17, 15) is 13.2 Å². The number of carbonyl (C=O) groups is 1. The molecule has 1 atom stereocenters. The first kappa shape index (κ1) is 23.4. The summed E-state index contributed by atoms with van der Waals surface area (Å²) in [7, 11) is -3.67. The predicted molar refractivity (Wildman–Crippen MR) is 124 cm³/mol. The van der Waals surface area contributed by atoms with Crippen LogP contribution < -0.4 is 5.32 Å². The maximum atomic E-state index is 13.1. The van der Waals surface area contributed by atoms with E-state index in [-0.39, 0.29) is 18.5 Å². The number of aryl methyl sites for hydroxylation is 3. The number of nitrogens with zero attached hydrogens (tertiary/aromatic N) is 2. The Balaban J connectivity index is 1.56. The molecule has 1 heterocycles. The Kier molecular flexibility index (Phi) is 7.86. The number of amides is 1. The van der Waals surface area contributed by atoms with Gasteiger partial charge in [0.2, 0.25) is 5.91 Å². The van der Waals surface area contributed by atoms with E-state index >= 15 is 0 Å². The van der Waals surface area contributed by atoms with Crippen molar-refractivity contribution in [3.05, 3.63) is 70.8 Å². The molecule has 0 saturated carbocycles. The Labute approximate surface area is 186 Å². The normalized spacial score (nSPS) is 17.9. The van der Waals surface area contributed by atoms with Crippen LogP contribution in [-0.2, 0) is 28.0 Å². The number of nitrogens with one attached hydrogen (secondary N) is 1. The first-order valence-corrected chi connectivity index (χ1v) is 12.3.